The number of rotatable bonds is 8. The molecule has 0 saturated carbocycles. The molecule has 0 saturated heterocycles. The monoisotopic (exact) mass is 412 g/mol. The van der Waals surface area contributed by atoms with E-state index < -0.39 is 18.5 Å². The third-order valence-corrected chi connectivity index (χ3v) is 5.56. The van der Waals surface area contributed by atoms with Crippen LogP contribution < -0.4 is 10.2 Å². The van der Waals surface area contributed by atoms with Crippen molar-refractivity contribution < 1.29 is 19.1 Å². The predicted octanol–water partition coefficient (Wildman–Crippen LogP) is 3.65. The molecule has 3 rings (SSSR count). The first-order valence-electron chi connectivity index (χ1n) is 9.63. The van der Waals surface area contributed by atoms with Gasteiger partial charge in [0.25, 0.3) is 5.91 Å². The summed E-state index contributed by atoms with van der Waals surface area (Å²) >= 11 is 1.44. The lowest BCUT2D eigenvalue weighted by atomic mass is 10.1. The first-order valence-corrected chi connectivity index (χ1v) is 10.6. The molecule has 1 aliphatic rings. The number of carbonyl (C=O) groups is 3. The Labute approximate surface area is 174 Å². The predicted molar refractivity (Wildman–Crippen MR) is 114 cm³/mol. The van der Waals surface area contributed by atoms with Gasteiger partial charge in [0.15, 0.2) is 6.61 Å². The fraction of sp³-hybridized carbons (Fsp3) is 0.318. The number of hydrogen-bond donors (Lipinski definition) is 1. The van der Waals surface area contributed by atoms with Crippen LogP contribution in [-0.4, -0.2) is 36.7 Å². The second-order valence-electron chi connectivity index (χ2n) is 6.75. The highest BCUT2D eigenvalue weighted by Gasteiger charge is 2.26. The van der Waals surface area contributed by atoms with Crippen molar-refractivity contribution in [3.63, 3.8) is 0 Å². The van der Waals surface area contributed by atoms with Crippen LogP contribution in [0.5, 0.6) is 0 Å². The third kappa shape index (κ3) is 5.84. The van der Waals surface area contributed by atoms with Gasteiger partial charge in [-0.15, -0.1) is 11.8 Å². The lowest BCUT2D eigenvalue weighted by molar-refractivity contribution is -0.146. The van der Waals surface area contributed by atoms with Gasteiger partial charge in [0.1, 0.15) is 6.54 Å². The molecule has 0 unspecified atom stereocenters. The zero-order valence-corrected chi connectivity index (χ0v) is 17.2. The topological polar surface area (TPSA) is 75.7 Å². The molecular weight excluding hydrogens is 388 g/mol. The van der Waals surface area contributed by atoms with Gasteiger partial charge < -0.3 is 10.1 Å². The number of benzene rings is 2. The molecule has 0 aromatic heterocycles. The molecule has 1 N–H and O–H groups in total. The van der Waals surface area contributed by atoms with E-state index in [1.807, 2.05) is 42.5 Å². The molecule has 2 aromatic carbocycles. The van der Waals surface area contributed by atoms with Gasteiger partial charge in [-0.05, 0) is 42.7 Å². The Morgan fingerprint density at radius 1 is 1.14 bits per heavy atom. The van der Waals surface area contributed by atoms with E-state index >= 15 is 0 Å². The van der Waals surface area contributed by atoms with Crippen LogP contribution in [0.15, 0.2) is 53.4 Å². The van der Waals surface area contributed by atoms with Gasteiger partial charge in [0, 0.05) is 10.6 Å². The van der Waals surface area contributed by atoms with Crippen molar-refractivity contribution in [3.05, 3.63) is 54.1 Å². The maximum Gasteiger partial charge on any atom is 0.326 e. The molecule has 2 amide bonds. The number of para-hydroxylation sites is 1. The number of amides is 2. The summed E-state index contributed by atoms with van der Waals surface area (Å²) in [6.07, 6.45) is 3.28. The Morgan fingerprint density at radius 3 is 2.66 bits per heavy atom. The van der Waals surface area contributed by atoms with E-state index in [0.29, 0.717) is 11.4 Å². The third-order valence-electron chi connectivity index (χ3n) is 4.52. The largest absolute Gasteiger partial charge is 0.454 e. The van der Waals surface area contributed by atoms with Crippen molar-refractivity contribution in [2.24, 2.45) is 0 Å². The average molecular weight is 413 g/mol. The molecule has 7 heteroatoms. The van der Waals surface area contributed by atoms with Gasteiger partial charge >= 0.3 is 5.97 Å². The Bertz CT molecular complexity index is 883. The Balaban J connectivity index is 1.48. The summed E-state index contributed by atoms with van der Waals surface area (Å²) < 4.78 is 5.07. The summed E-state index contributed by atoms with van der Waals surface area (Å²) in [6.45, 7) is 1.54. The summed E-state index contributed by atoms with van der Waals surface area (Å²) in [5.41, 5.74) is 2.57. The summed E-state index contributed by atoms with van der Waals surface area (Å²) in [6, 6.07) is 15.0. The maximum atomic E-state index is 12.2. The molecule has 0 aliphatic carbocycles. The van der Waals surface area contributed by atoms with Crippen molar-refractivity contribution in [2.75, 3.05) is 29.1 Å². The average Bonchev–Trinajstić information content (AvgIpc) is 2.74. The smallest absolute Gasteiger partial charge is 0.326 e. The SMILES string of the molecule is CCCCc1ccc(NC(=O)COC(=O)CN2C(=O)CSc3ccccc32)cc1. The van der Waals surface area contributed by atoms with Crippen LogP contribution in [-0.2, 0) is 25.5 Å². The molecule has 0 spiro atoms. The van der Waals surface area contributed by atoms with Crippen molar-refractivity contribution in [1.82, 2.24) is 0 Å². The minimum absolute atomic E-state index is 0.154. The zero-order valence-electron chi connectivity index (χ0n) is 16.3. The molecule has 0 radical (unpaired) electrons. The minimum Gasteiger partial charge on any atom is -0.454 e. The summed E-state index contributed by atoms with van der Waals surface area (Å²) in [7, 11) is 0. The second-order valence-corrected chi connectivity index (χ2v) is 7.76. The molecule has 2 aromatic rings. The van der Waals surface area contributed by atoms with E-state index in [-0.39, 0.29) is 18.2 Å². The number of carbonyl (C=O) groups excluding carboxylic acids is 3. The van der Waals surface area contributed by atoms with Crippen LogP contribution in [0.1, 0.15) is 25.3 Å². The zero-order chi connectivity index (χ0) is 20.6. The van der Waals surface area contributed by atoms with Gasteiger partial charge in [-0.2, -0.15) is 0 Å². The highest BCUT2D eigenvalue weighted by atomic mass is 32.2. The maximum absolute atomic E-state index is 12.2. The van der Waals surface area contributed by atoms with E-state index in [4.69, 9.17) is 4.74 Å². The van der Waals surface area contributed by atoms with E-state index in [9.17, 15) is 14.4 Å². The number of nitrogens with one attached hydrogen (secondary N) is 1. The van der Waals surface area contributed by atoms with Gasteiger partial charge in [0.05, 0.1) is 11.4 Å². The Kier molecular flexibility index (Phi) is 7.30. The van der Waals surface area contributed by atoms with E-state index in [2.05, 4.69) is 12.2 Å². The number of esters is 1. The molecule has 0 fully saturated rings. The van der Waals surface area contributed by atoms with Gasteiger partial charge in [-0.25, -0.2) is 0 Å². The fourth-order valence-corrected chi connectivity index (χ4v) is 3.92. The number of aryl methyl sites for hydroxylation is 1. The highest BCUT2D eigenvalue weighted by Crippen LogP contribution is 2.34. The van der Waals surface area contributed by atoms with Crippen molar-refractivity contribution in [2.45, 2.75) is 31.1 Å². The van der Waals surface area contributed by atoms with E-state index in [1.54, 1.807) is 6.07 Å². The highest BCUT2D eigenvalue weighted by molar-refractivity contribution is 8.00. The van der Waals surface area contributed by atoms with Crippen LogP contribution in [0.4, 0.5) is 11.4 Å². The normalized spacial score (nSPS) is 13.0. The number of unbranched alkanes of at least 4 members (excludes halogenated alkanes) is 1. The van der Waals surface area contributed by atoms with Gasteiger partial charge in [-0.1, -0.05) is 37.6 Å². The molecule has 6 nitrogen and oxygen atoms in total. The molecule has 152 valence electrons. The minimum atomic E-state index is -0.620. The van der Waals surface area contributed by atoms with Crippen molar-refractivity contribution in [3.8, 4) is 0 Å². The molecular formula is C22H24N2O4S. The quantitative estimate of drug-likeness (QED) is 0.670. The van der Waals surface area contributed by atoms with Gasteiger partial charge in [0.2, 0.25) is 5.91 Å². The lowest BCUT2D eigenvalue weighted by Gasteiger charge is -2.27. The number of ether oxygens (including phenoxy) is 1. The summed E-state index contributed by atoms with van der Waals surface area (Å²) in [5, 5.41) is 2.71. The van der Waals surface area contributed by atoms with Crippen molar-refractivity contribution in [1.29, 1.82) is 0 Å². The van der Waals surface area contributed by atoms with E-state index in [1.165, 1.54) is 22.2 Å². The number of thioether (sulfide) groups is 1. The second kappa shape index (κ2) is 10.1. The van der Waals surface area contributed by atoms with Crippen molar-refractivity contribution >= 4 is 40.9 Å². The van der Waals surface area contributed by atoms with Crippen LogP contribution in [0.25, 0.3) is 0 Å². The summed E-state index contributed by atoms with van der Waals surface area (Å²) in [4.78, 5) is 38.8. The van der Waals surface area contributed by atoms with Gasteiger partial charge in [-0.3, -0.25) is 19.3 Å². The first-order chi connectivity index (χ1) is 14.1. The van der Waals surface area contributed by atoms with E-state index in [0.717, 1.165) is 24.2 Å². The first kappa shape index (κ1) is 20.9. The number of nitrogens with zero attached hydrogens (tertiary/aromatic N) is 1. The summed E-state index contributed by atoms with van der Waals surface area (Å²) in [5.74, 6) is -0.914. The molecule has 29 heavy (non-hydrogen) atoms. The molecule has 0 bridgehead atoms. The fourth-order valence-electron chi connectivity index (χ4n) is 2.98. The molecule has 1 aliphatic heterocycles. The number of hydrogen-bond acceptors (Lipinski definition) is 5. The van der Waals surface area contributed by atoms with Crippen LogP contribution in [0.2, 0.25) is 0 Å². The Morgan fingerprint density at radius 2 is 1.90 bits per heavy atom. The van der Waals surface area contributed by atoms with Crippen LogP contribution in [0.3, 0.4) is 0 Å². The van der Waals surface area contributed by atoms with Crippen LogP contribution in [0, 0.1) is 0 Å². The number of anilines is 2. The van der Waals surface area contributed by atoms with Crippen LogP contribution >= 0.6 is 11.8 Å². The Hall–Kier alpha value is -2.80. The molecule has 0 atom stereocenters. The molecule has 1 heterocycles. The number of fused-ring (bicyclic) bond motifs is 1. The lowest BCUT2D eigenvalue weighted by Crippen LogP contribution is -2.40. The standard InChI is InChI=1S/C22H24N2O4S/c1-2-3-6-16-9-11-17(12-10-16)23-20(25)14-28-22(27)13-24-18-7-4-5-8-19(18)29-15-21(24)26/h4-5,7-12H,2-3,6,13-15H2,1H3,(H,23,25).